The summed E-state index contributed by atoms with van der Waals surface area (Å²) in [5.41, 5.74) is 6.00. The van der Waals surface area contributed by atoms with Crippen molar-refractivity contribution in [2.75, 3.05) is 19.6 Å². The molecule has 0 bridgehead atoms. The van der Waals surface area contributed by atoms with E-state index in [-0.39, 0.29) is 29.6 Å². The summed E-state index contributed by atoms with van der Waals surface area (Å²) in [5.74, 6) is -1.52. The first-order valence-corrected chi connectivity index (χ1v) is 9.64. The number of carboxylic acid groups (broad SMARTS) is 1. The number of nitrogens with two attached hydrogens (primary N) is 1. The summed E-state index contributed by atoms with van der Waals surface area (Å²) in [6.45, 7) is 1.61. The highest BCUT2D eigenvalue weighted by Crippen LogP contribution is 2.34. The SMILES string of the molecule is NCCn1cc(C(=NO)N2CC(Oc3ccc(CCB(O)O)c(O)c3C(=O)O)C2)cn1. The number of ether oxygens (including phenoxy) is 1. The van der Waals surface area contributed by atoms with Gasteiger partial charge in [-0.1, -0.05) is 11.2 Å². The number of benzene rings is 1. The minimum Gasteiger partial charge on any atom is -0.507 e. The maximum atomic E-state index is 11.7. The minimum atomic E-state index is -1.56. The van der Waals surface area contributed by atoms with E-state index in [2.05, 4.69) is 10.3 Å². The van der Waals surface area contributed by atoms with Crippen molar-refractivity contribution in [1.29, 1.82) is 0 Å². The van der Waals surface area contributed by atoms with Crippen molar-refractivity contribution < 1.29 is 35.0 Å². The van der Waals surface area contributed by atoms with Crippen LogP contribution < -0.4 is 10.5 Å². The molecule has 1 aliphatic heterocycles. The first kappa shape index (κ1) is 22.4. The van der Waals surface area contributed by atoms with Gasteiger partial charge in [-0.05, 0) is 24.4 Å². The fourth-order valence-corrected chi connectivity index (χ4v) is 3.31. The number of aryl methyl sites for hydroxylation is 1. The molecule has 2 heterocycles. The molecule has 0 atom stereocenters. The molecule has 12 nitrogen and oxygen atoms in total. The summed E-state index contributed by atoms with van der Waals surface area (Å²) in [4.78, 5) is 13.4. The summed E-state index contributed by atoms with van der Waals surface area (Å²) in [5, 5.41) is 54.7. The summed E-state index contributed by atoms with van der Waals surface area (Å²) >= 11 is 0. The number of likely N-dealkylation sites (tertiary alicyclic amines) is 1. The van der Waals surface area contributed by atoms with Gasteiger partial charge < -0.3 is 40.8 Å². The van der Waals surface area contributed by atoms with E-state index in [1.165, 1.54) is 12.1 Å². The van der Waals surface area contributed by atoms with Crippen LogP contribution >= 0.6 is 0 Å². The lowest BCUT2D eigenvalue weighted by Gasteiger charge is -2.40. The molecule has 31 heavy (non-hydrogen) atoms. The first-order valence-electron chi connectivity index (χ1n) is 9.64. The van der Waals surface area contributed by atoms with Gasteiger partial charge in [0.05, 0.1) is 31.4 Å². The highest BCUT2D eigenvalue weighted by atomic mass is 16.5. The van der Waals surface area contributed by atoms with Crippen LogP contribution in [-0.4, -0.2) is 84.8 Å². The number of amidine groups is 1. The third-order valence-electron chi connectivity index (χ3n) is 4.89. The van der Waals surface area contributed by atoms with Gasteiger partial charge >= 0.3 is 13.1 Å². The van der Waals surface area contributed by atoms with Crippen LogP contribution in [0, 0.1) is 0 Å². The monoisotopic (exact) mass is 433 g/mol. The van der Waals surface area contributed by atoms with Crippen LogP contribution in [0.25, 0.3) is 0 Å². The number of rotatable bonds is 9. The van der Waals surface area contributed by atoms with Gasteiger partial charge in [0, 0.05) is 12.7 Å². The van der Waals surface area contributed by atoms with Crippen LogP contribution in [0.4, 0.5) is 0 Å². The Bertz CT molecular complexity index is 959. The van der Waals surface area contributed by atoms with E-state index in [4.69, 9.17) is 20.5 Å². The molecular weight excluding hydrogens is 409 g/mol. The van der Waals surface area contributed by atoms with E-state index < -0.39 is 24.9 Å². The largest absolute Gasteiger partial charge is 0.507 e. The second kappa shape index (κ2) is 9.68. The number of phenols is 1. The average molecular weight is 433 g/mol. The summed E-state index contributed by atoms with van der Waals surface area (Å²) in [6.07, 6.45) is 2.92. The Morgan fingerprint density at radius 1 is 1.35 bits per heavy atom. The maximum absolute atomic E-state index is 11.7. The van der Waals surface area contributed by atoms with E-state index in [0.717, 1.165) is 0 Å². The van der Waals surface area contributed by atoms with Crippen LogP contribution in [0.1, 0.15) is 21.5 Å². The number of aromatic hydroxyl groups is 1. The number of hydrogen-bond acceptors (Lipinski definition) is 9. The van der Waals surface area contributed by atoms with Crippen molar-refractivity contribution in [2.45, 2.75) is 25.4 Å². The molecule has 0 amide bonds. The molecule has 0 saturated carbocycles. The zero-order valence-corrected chi connectivity index (χ0v) is 16.6. The number of nitrogens with zero attached hydrogens (tertiary/aromatic N) is 4. The lowest BCUT2D eigenvalue weighted by atomic mass is 9.82. The molecule has 1 saturated heterocycles. The molecule has 0 spiro atoms. The lowest BCUT2D eigenvalue weighted by molar-refractivity contribution is 0.0587. The van der Waals surface area contributed by atoms with Crippen LogP contribution in [0.3, 0.4) is 0 Å². The van der Waals surface area contributed by atoms with Crippen molar-refractivity contribution >= 4 is 18.9 Å². The van der Waals surface area contributed by atoms with Gasteiger partial charge in [-0.3, -0.25) is 4.68 Å². The van der Waals surface area contributed by atoms with Crippen molar-refractivity contribution in [3.05, 3.63) is 41.2 Å². The third kappa shape index (κ3) is 5.07. The molecule has 7 N–H and O–H groups in total. The molecule has 1 aromatic carbocycles. The Morgan fingerprint density at radius 2 is 2.10 bits per heavy atom. The molecule has 3 rings (SSSR count). The number of aromatic nitrogens is 2. The number of carboxylic acids is 1. The van der Waals surface area contributed by atoms with Crippen LogP contribution in [-0.2, 0) is 13.0 Å². The Hall–Kier alpha value is -3.29. The maximum Gasteiger partial charge on any atom is 0.451 e. The van der Waals surface area contributed by atoms with Gasteiger partial charge in [-0.25, -0.2) is 4.79 Å². The Kier molecular flexibility index (Phi) is 7.00. The molecule has 1 fully saturated rings. The average Bonchev–Trinajstić information content (AvgIpc) is 3.14. The first-order chi connectivity index (χ1) is 14.8. The molecule has 1 aliphatic rings. The molecule has 0 unspecified atom stereocenters. The van der Waals surface area contributed by atoms with Crippen LogP contribution in [0.2, 0.25) is 6.32 Å². The van der Waals surface area contributed by atoms with Gasteiger partial charge in [-0.15, -0.1) is 0 Å². The van der Waals surface area contributed by atoms with Crippen molar-refractivity contribution in [2.24, 2.45) is 10.9 Å². The second-order valence-corrected chi connectivity index (χ2v) is 7.12. The highest BCUT2D eigenvalue weighted by molar-refractivity contribution is 6.41. The quantitative estimate of drug-likeness (QED) is 0.0957. The molecule has 2 aromatic rings. The van der Waals surface area contributed by atoms with E-state index >= 15 is 0 Å². The van der Waals surface area contributed by atoms with Crippen molar-refractivity contribution in [1.82, 2.24) is 14.7 Å². The van der Waals surface area contributed by atoms with Crippen LogP contribution in [0.15, 0.2) is 29.7 Å². The smallest absolute Gasteiger partial charge is 0.451 e. The highest BCUT2D eigenvalue weighted by Gasteiger charge is 2.34. The van der Waals surface area contributed by atoms with Gasteiger partial charge in [0.2, 0.25) is 0 Å². The van der Waals surface area contributed by atoms with E-state index in [0.29, 0.717) is 37.6 Å². The molecule has 13 heteroatoms. The third-order valence-corrected chi connectivity index (χ3v) is 4.89. The van der Waals surface area contributed by atoms with E-state index in [1.807, 2.05) is 0 Å². The molecule has 0 radical (unpaired) electrons. The number of hydrogen-bond donors (Lipinski definition) is 6. The molecular formula is C18H24BN5O7. The summed E-state index contributed by atoms with van der Waals surface area (Å²) in [7, 11) is -1.56. The minimum absolute atomic E-state index is 0.00111. The zero-order valence-electron chi connectivity index (χ0n) is 16.6. The Balaban J connectivity index is 1.67. The fourth-order valence-electron chi connectivity index (χ4n) is 3.31. The molecule has 1 aromatic heterocycles. The van der Waals surface area contributed by atoms with Gasteiger partial charge in [-0.2, -0.15) is 5.10 Å². The van der Waals surface area contributed by atoms with E-state index in [1.54, 1.807) is 22.0 Å². The topological polar surface area (TPSA) is 187 Å². The lowest BCUT2D eigenvalue weighted by Crippen LogP contribution is -2.56. The van der Waals surface area contributed by atoms with Gasteiger partial charge in [0.15, 0.2) is 5.84 Å². The number of oxime groups is 1. The van der Waals surface area contributed by atoms with E-state index in [9.17, 15) is 20.2 Å². The summed E-state index contributed by atoms with van der Waals surface area (Å²) in [6, 6.07) is 2.92. The van der Waals surface area contributed by atoms with Crippen molar-refractivity contribution in [3.63, 3.8) is 0 Å². The Labute approximate surface area is 177 Å². The molecule has 166 valence electrons. The molecule has 0 aliphatic carbocycles. The summed E-state index contributed by atoms with van der Waals surface area (Å²) < 4.78 is 7.39. The number of aromatic carboxylic acids is 1. The normalized spacial score (nSPS) is 14.4. The predicted molar refractivity (Wildman–Crippen MR) is 109 cm³/mol. The second-order valence-electron chi connectivity index (χ2n) is 7.12. The standard InChI is InChI=1S/C18H24BN5O7/c20-5-6-24-8-12(7-21-24)17(22-30)23-9-13(10-23)31-14-2-1-11(3-4-19(28)29)16(25)15(14)18(26)27/h1-2,7-8,13,25,28-30H,3-6,9-10,20H2,(H,26,27). The fraction of sp³-hybridized carbons (Fsp3) is 0.389. The number of carbonyl (C=O) groups is 1. The van der Waals surface area contributed by atoms with Gasteiger partial charge in [0.1, 0.15) is 23.2 Å². The Morgan fingerprint density at radius 3 is 2.71 bits per heavy atom. The van der Waals surface area contributed by atoms with Crippen molar-refractivity contribution in [3.8, 4) is 11.5 Å². The van der Waals surface area contributed by atoms with Gasteiger partial charge in [0.25, 0.3) is 0 Å². The van der Waals surface area contributed by atoms with Crippen LogP contribution in [0.5, 0.6) is 11.5 Å². The zero-order chi connectivity index (χ0) is 22.5. The predicted octanol–water partition coefficient (Wildman–Crippen LogP) is -0.840.